The molecule has 0 amide bonds. The minimum atomic E-state index is -0.282. The Morgan fingerprint density at radius 1 is 1.75 bits per heavy atom. The zero-order chi connectivity index (χ0) is 8.97. The summed E-state index contributed by atoms with van der Waals surface area (Å²) in [4.78, 5) is 14.5. The smallest absolute Gasteiger partial charge is 0.303 e. The quantitative estimate of drug-likeness (QED) is 0.610. The van der Waals surface area contributed by atoms with Crippen molar-refractivity contribution in [1.29, 1.82) is 0 Å². The fourth-order valence-electron chi connectivity index (χ4n) is 0.703. The molecule has 0 atom stereocenters. The topological polar surface area (TPSA) is 39.2 Å². The second-order valence-electron chi connectivity index (χ2n) is 2.25. The Bertz CT molecular complexity index is 288. The molecule has 0 radical (unpaired) electrons. The van der Waals surface area contributed by atoms with E-state index in [2.05, 4.69) is 27.6 Å². The Morgan fingerprint density at radius 3 is 3.08 bits per heavy atom. The normalized spacial score (nSPS) is 9.50. The summed E-state index contributed by atoms with van der Waals surface area (Å²) in [7, 11) is 0. The Hall–Kier alpha value is -0.650. The molecule has 0 aromatic carbocycles. The number of aromatic nitrogens is 1. The number of pyridine rings is 1. The van der Waals surface area contributed by atoms with Crippen LogP contribution in [0, 0.1) is 3.57 Å². The van der Waals surface area contributed by atoms with Gasteiger partial charge in [-0.3, -0.25) is 9.78 Å². The van der Waals surface area contributed by atoms with E-state index in [0.29, 0.717) is 0 Å². The number of hydrogen-bond donors (Lipinski definition) is 0. The van der Waals surface area contributed by atoms with Gasteiger partial charge in [0.25, 0.3) is 0 Å². The second kappa shape index (κ2) is 4.39. The van der Waals surface area contributed by atoms with E-state index in [-0.39, 0.29) is 12.6 Å². The molecule has 0 N–H and O–H groups in total. The molecule has 0 aliphatic heterocycles. The largest absolute Gasteiger partial charge is 0.459 e. The van der Waals surface area contributed by atoms with E-state index in [4.69, 9.17) is 4.74 Å². The van der Waals surface area contributed by atoms with E-state index in [1.165, 1.54) is 6.92 Å². The first-order chi connectivity index (χ1) is 5.68. The molecule has 64 valence electrons. The SMILES string of the molecule is CC(=O)OCc1cc(I)ccn1. The van der Waals surface area contributed by atoms with Gasteiger partial charge in [-0.1, -0.05) is 0 Å². The molecular weight excluding hydrogens is 269 g/mol. The van der Waals surface area contributed by atoms with Crippen LogP contribution >= 0.6 is 22.6 Å². The highest BCUT2D eigenvalue weighted by Crippen LogP contribution is 2.05. The number of halogens is 1. The first-order valence-electron chi connectivity index (χ1n) is 3.42. The van der Waals surface area contributed by atoms with Crippen molar-refractivity contribution in [3.63, 3.8) is 0 Å². The van der Waals surface area contributed by atoms with Crippen molar-refractivity contribution >= 4 is 28.6 Å². The molecule has 1 aromatic rings. The number of carbonyl (C=O) groups excluding carboxylic acids is 1. The average Bonchev–Trinajstić information content (AvgIpc) is 2.01. The Balaban J connectivity index is 2.57. The molecule has 1 heterocycles. The van der Waals surface area contributed by atoms with Crippen LogP contribution in [0.15, 0.2) is 18.3 Å². The molecule has 0 fully saturated rings. The fraction of sp³-hybridized carbons (Fsp3) is 0.250. The summed E-state index contributed by atoms with van der Waals surface area (Å²) in [6.07, 6.45) is 1.70. The third-order valence-electron chi connectivity index (χ3n) is 1.20. The molecule has 1 aromatic heterocycles. The summed E-state index contributed by atoms with van der Waals surface area (Å²) in [5.41, 5.74) is 0.775. The number of hydrogen-bond acceptors (Lipinski definition) is 3. The van der Waals surface area contributed by atoms with Crippen LogP contribution < -0.4 is 0 Å². The van der Waals surface area contributed by atoms with Gasteiger partial charge in [0.05, 0.1) is 5.69 Å². The van der Waals surface area contributed by atoms with Gasteiger partial charge in [-0.05, 0) is 34.7 Å². The van der Waals surface area contributed by atoms with Gasteiger partial charge in [0.15, 0.2) is 0 Å². The zero-order valence-electron chi connectivity index (χ0n) is 6.58. The highest BCUT2D eigenvalue weighted by molar-refractivity contribution is 14.1. The summed E-state index contributed by atoms with van der Waals surface area (Å²) in [5, 5.41) is 0. The zero-order valence-corrected chi connectivity index (χ0v) is 8.74. The number of nitrogens with zero attached hydrogens (tertiary/aromatic N) is 1. The minimum absolute atomic E-state index is 0.256. The van der Waals surface area contributed by atoms with Gasteiger partial charge in [0, 0.05) is 16.7 Å². The van der Waals surface area contributed by atoms with Gasteiger partial charge >= 0.3 is 5.97 Å². The van der Waals surface area contributed by atoms with Gasteiger partial charge in [0.2, 0.25) is 0 Å². The molecule has 3 nitrogen and oxygen atoms in total. The predicted octanol–water partition coefficient (Wildman–Crippen LogP) is 1.75. The van der Waals surface area contributed by atoms with Crippen LogP contribution in [0.25, 0.3) is 0 Å². The summed E-state index contributed by atoms with van der Waals surface area (Å²) in [5.74, 6) is -0.282. The fourth-order valence-corrected chi connectivity index (χ4v) is 1.22. The van der Waals surface area contributed by atoms with Crippen molar-refractivity contribution in [1.82, 2.24) is 4.98 Å². The van der Waals surface area contributed by atoms with Crippen LogP contribution in [-0.2, 0) is 16.1 Å². The van der Waals surface area contributed by atoms with Crippen molar-refractivity contribution in [2.75, 3.05) is 0 Å². The lowest BCUT2D eigenvalue weighted by molar-refractivity contribution is -0.142. The molecule has 0 spiro atoms. The van der Waals surface area contributed by atoms with Crippen LogP contribution in [-0.4, -0.2) is 11.0 Å². The van der Waals surface area contributed by atoms with Crippen molar-refractivity contribution < 1.29 is 9.53 Å². The summed E-state index contributed by atoms with van der Waals surface area (Å²) in [6.45, 7) is 1.64. The molecule has 0 aliphatic carbocycles. The van der Waals surface area contributed by atoms with Gasteiger partial charge in [0.1, 0.15) is 6.61 Å². The van der Waals surface area contributed by atoms with Crippen molar-refractivity contribution in [2.24, 2.45) is 0 Å². The maximum absolute atomic E-state index is 10.5. The second-order valence-corrected chi connectivity index (χ2v) is 3.49. The van der Waals surface area contributed by atoms with Gasteiger partial charge in [-0.25, -0.2) is 0 Å². The maximum atomic E-state index is 10.5. The summed E-state index contributed by atoms with van der Waals surface area (Å²) >= 11 is 2.18. The van der Waals surface area contributed by atoms with Crippen molar-refractivity contribution in [2.45, 2.75) is 13.5 Å². The molecule has 0 unspecified atom stereocenters. The Morgan fingerprint density at radius 2 is 2.50 bits per heavy atom. The third-order valence-corrected chi connectivity index (χ3v) is 1.87. The first-order valence-corrected chi connectivity index (χ1v) is 4.50. The maximum Gasteiger partial charge on any atom is 0.303 e. The molecule has 1 rings (SSSR count). The highest BCUT2D eigenvalue weighted by atomic mass is 127. The van der Waals surface area contributed by atoms with Gasteiger partial charge < -0.3 is 4.74 Å². The van der Waals surface area contributed by atoms with Crippen LogP contribution in [0.3, 0.4) is 0 Å². The first kappa shape index (κ1) is 9.44. The minimum Gasteiger partial charge on any atom is -0.459 e. The van der Waals surface area contributed by atoms with Gasteiger partial charge in [-0.2, -0.15) is 0 Å². The van der Waals surface area contributed by atoms with E-state index < -0.39 is 0 Å². The number of ether oxygens (including phenoxy) is 1. The van der Waals surface area contributed by atoms with E-state index in [1.54, 1.807) is 6.20 Å². The molecule has 0 saturated heterocycles. The molecular formula is C8H8INO2. The lowest BCUT2D eigenvalue weighted by Crippen LogP contribution is -2.00. The monoisotopic (exact) mass is 277 g/mol. The molecule has 4 heteroatoms. The van der Waals surface area contributed by atoms with Crippen LogP contribution in [0.5, 0.6) is 0 Å². The Kier molecular flexibility index (Phi) is 3.46. The molecule has 0 saturated carbocycles. The van der Waals surface area contributed by atoms with Crippen LogP contribution in [0.1, 0.15) is 12.6 Å². The molecule has 0 aliphatic rings. The number of carbonyl (C=O) groups is 1. The average molecular weight is 277 g/mol. The van der Waals surface area contributed by atoms with E-state index >= 15 is 0 Å². The van der Waals surface area contributed by atoms with Gasteiger partial charge in [-0.15, -0.1) is 0 Å². The standard InChI is InChI=1S/C8H8INO2/c1-6(11)12-5-8-4-7(9)2-3-10-8/h2-4H,5H2,1H3. The highest BCUT2D eigenvalue weighted by Gasteiger charge is 1.97. The van der Waals surface area contributed by atoms with Crippen LogP contribution in [0.2, 0.25) is 0 Å². The Labute approximate surface area is 84.3 Å². The number of rotatable bonds is 2. The lowest BCUT2D eigenvalue weighted by atomic mass is 10.4. The molecule has 0 bridgehead atoms. The third kappa shape index (κ3) is 3.17. The van der Waals surface area contributed by atoms with E-state index in [9.17, 15) is 4.79 Å². The summed E-state index contributed by atoms with van der Waals surface area (Å²) < 4.78 is 5.87. The number of esters is 1. The lowest BCUT2D eigenvalue weighted by Gasteiger charge is -2.00. The summed E-state index contributed by atoms with van der Waals surface area (Å²) in [6, 6.07) is 3.77. The van der Waals surface area contributed by atoms with Crippen molar-refractivity contribution in [3.05, 3.63) is 27.6 Å². The van der Waals surface area contributed by atoms with Crippen molar-refractivity contribution in [3.8, 4) is 0 Å². The predicted molar refractivity (Wildman–Crippen MR) is 52.4 cm³/mol. The van der Waals surface area contributed by atoms with E-state index in [0.717, 1.165) is 9.26 Å². The molecule has 12 heavy (non-hydrogen) atoms. The van der Waals surface area contributed by atoms with E-state index in [1.807, 2.05) is 12.1 Å². The van der Waals surface area contributed by atoms with Crippen LogP contribution in [0.4, 0.5) is 0 Å².